The van der Waals surface area contributed by atoms with Gasteiger partial charge in [-0.2, -0.15) is 8.42 Å². The lowest BCUT2D eigenvalue weighted by Crippen LogP contribution is -2.39. The van der Waals surface area contributed by atoms with Crippen LogP contribution in [0.4, 0.5) is 4.39 Å². The van der Waals surface area contributed by atoms with E-state index in [-0.39, 0.29) is 22.3 Å². The Kier molecular flexibility index (Phi) is 8.65. The van der Waals surface area contributed by atoms with E-state index in [1.54, 1.807) is 30.3 Å². The van der Waals surface area contributed by atoms with E-state index in [9.17, 15) is 26.0 Å². The zero-order valence-electron chi connectivity index (χ0n) is 22.9. The Morgan fingerprint density at radius 2 is 1.53 bits per heavy atom. The first kappa shape index (κ1) is 30.4. The Hall–Kier alpha value is -4.10. The largest absolute Gasteiger partial charge is 0.481 e. The predicted octanol–water partition coefficient (Wildman–Crippen LogP) is 5.18. The minimum absolute atomic E-state index is 0.0335. The molecule has 1 aliphatic carbocycles. The summed E-state index contributed by atoms with van der Waals surface area (Å²) in [5.74, 6) is -1.34. The van der Waals surface area contributed by atoms with Crippen LogP contribution in [0.3, 0.4) is 0 Å². The van der Waals surface area contributed by atoms with Crippen LogP contribution in [-0.4, -0.2) is 43.1 Å². The number of carbonyl (C=O) groups is 1. The van der Waals surface area contributed by atoms with Crippen molar-refractivity contribution in [2.24, 2.45) is 0 Å². The number of rotatable bonds is 7. The number of carboxylic acids is 1. The molecule has 5 aromatic rings. The van der Waals surface area contributed by atoms with Crippen LogP contribution in [0.25, 0.3) is 21.7 Å². The van der Waals surface area contributed by atoms with Crippen LogP contribution in [0.15, 0.2) is 101 Å². The average Bonchev–Trinajstić information content (AvgIpc) is 3.28. The van der Waals surface area contributed by atoms with E-state index in [0.29, 0.717) is 31.2 Å². The number of fused-ring (bicyclic) bond motifs is 4. The SMILES string of the molecule is O=C(O)CCn1c2c(c3ccccc31)C[C@H](NS(=O)(=O)c1ccc(F)cc1)CC2.O=S(=O)(O)c1cccc2ccccc12. The quantitative estimate of drug-likeness (QED) is 0.212. The molecule has 1 atom stereocenters. The van der Waals surface area contributed by atoms with E-state index in [2.05, 4.69) is 4.72 Å². The molecule has 43 heavy (non-hydrogen) atoms. The maximum absolute atomic E-state index is 13.1. The molecule has 1 aromatic heterocycles. The van der Waals surface area contributed by atoms with Gasteiger partial charge in [-0.25, -0.2) is 17.5 Å². The Labute approximate surface area is 248 Å². The fourth-order valence-electron chi connectivity index (χ4n) is 5.49. The number of sulfonamides is 1. The van der Waals surface area contributed by atoms with Crippen LogP contribution >= 0.6 is 0 Å². The van der Waals surface area contributed by atoms with E-state index in [0.717, 1.165) is 39.7 Å². The molecule has 12 heteroatoms. The van der Waals surface area contributed by atoms with Gasteiger partial charge >= 0.3 is 5.97 Å². The van der Waals surface area contributed by atoms with Crippen molar-refractivity contribution in [3.8, 4) is 0 Å². The number of benzene rings is 4. The second-order valence-corrected chi connectivity index (χ2v) is 13.3. The van der Waals surface area contributed by atoms with Gasteiger partial charge in [0.05, 0.1) is 11.3 Å². The van der Waals surface area contributed by atoms with E-state index < -0.39 is 31.9 Å². The van der Waals surface area contributed by atoms with Crippen molar-refractivity contribution in [2.75, 3.05) is 0 Å². The molecule has 0 amide bonds. The highest BCUT2D eigenvalue weighted by Gasteiger charge is 2.28. The summed E-state index contributed by atoms with van der Waals surface area (Å²) in [6, 6.07) is 24.1. The number of hydrogen-bond acceptors (Lipinski definition) is 5. The molecule has 0 bridgehead atoms. The summed E-state index contributed by atoms with van der Waals surface area (Å²) < 4.78 is 74.2. The summed E-state index contributed by atoms with van der Waals surface area (Å²) in [5.41, 5.74) is 3.11. The molecule has 0 spiro atoms. The lowest BCUT2D eigenvalue weighted by molar-refractivity contribution is -0.137. The topological polar surface area (TPSA) is 143 Å². The van der Waals surface area contributed by atoms with E-state index in [1.807, 2.05) is 34.9 Å². The molecule has 1 aliphatic rings. The number of halogens is 1. The lowest BCUT2D eigenvalue weighted by Gasteiger charge is -2.25. The van der Waals surface area contributed by atoms with Gasteiger partial charge in [0, 0.05) is 34.6 Å². The monoisotopic (exact) mass is 624 g/mol. The lowest BCUT2D eigenvalue weighted by atomic mass is 9.92. The highest BCUT2D eigenvalue weighted by molar-refractivity contribution is 7.89. The summed E-state index contributed by atoms with van der Waals surface area (Å²) in [4.78, 5) is 11.0. The first-order valence-electron chi connectivity index (χ1n) is 13.5. The highest BCUT2D eigenvalue weighted by atomic mass is 32.2. The maximum atomic E-state index is 13.1. The van der Waals surface area contributed by atoms with Crippen molar-refractivity contribution in [3.05, 3.63) is 108 Å². The van der Waals surface area contributed by atoms with Crippen LogP contribution < -0.4 is 4.72 Å². The van der Waals surface area contributed by atoms with Gasteiger partial charge in [0.25, 0.3) is 10.1 Å². The summed E-state index contributed by atoms with van der Waals surface area (Å²) in [6.07, 6.45) is 1.82. The number of nitrogens with one attached hydrogen (secondary N) is 1. The molecule has 3 N–H and O–H groups in total. The molecular formula is C31H29FN2O7S2. The van der Waals surface area contributed by atoms with Crippen molar-refractivity contribution in [1.29, 1.82) is 0 Å². The summed E-state index contributed by atoms with van der Waals surface area (Å²) in [6.45, 7) is 0.386. The smallest absolute Gasteiger partial charge is 0.305 e. The second-order valence-electron chi connectivity index (χ2n) is 10.2. The number of nitrogens with zero attached hydrogens (tertiary/aromatic N) is 1. The first-order valence-corrected chi connectivity index (χ1v) is 16.4. The second kappa shape index (κ2) is 12.3. The third-order valence-corrected chi connectivity index (χ3v) is 9.85. The molecular weight excluding hydrogens is 595 g/mol. The van der Waals surface area contributed by atoms with Crippen molar-refractivity contribution >= 4 is 47.8 Å². The maximum Gasteiger partial charge on any atom is 0.305 e. The molecule has 0 radical (unpaired) electrons. The van der Waals surface area contributed by atoms with Gasteiger partial charge in [0.2, 0.25) is 10.0 Å². The highest BCUT2D eigenvalue weighted by Crippen LogP contribution is 2.33. The van der Waals surface area contributed by atoms with Crippen molar-refractivity contribution in [2.45, 2.75) is 48.1 Å². The van der Waals surface area contributed by atoms with Crippen LogP contribution in [-0.2, 0) is 44.3 Å². The number of aromatic nitrogens is 1. The van der Waals surface area contributed by atoms with Gasteiger partial charge in [-0.15, -0.1) is 0 Å². The molecule has 1 heterocycles. The van der Waals surface area contributed by atoms with Gasteiger partial charge in [0.15, 0.2) is 0 Å². The van der Waals surface area contributed by atoms with Gasteiger partial charge in [-0.3, -0.25) is 9.35 Å². The van der Waals surface area contributed by atoms with Crippen LogP contribution in [0.1, 0.15) is 24.1 Å². The molecule has 6 rings (SSSR count). The van der Waals surface area contributed by atoms with Crippen LogP contribution in [0.2, 0.25) is 0 Å². The predicted molar refractivity (Wildman–Crippen MR) is 160 cm³/mol. The Balaban J connectivity index is 0.000000220. The summed E-state index contributed by atoms with van der Waals surface area (Å²) in [5, 5.41) is 11.4. The molecule has 4 aromatic carbocycles. The van der Waals surface area contributed by atoms with Crippen molar-refractivity contribution in [1.82, 2.24) is 9.29 Å². The van der Waals surface area contributed by atoms with Crippen LogP contribution in [0, 0.1) is 5.82 Å². The van der Waals surface area contributed by atoms with Crippen LogP contribution in [0.5, 0.6) is 0 Å². The van der Waals surface area contributed by atoms with Crippen molar-refractivity contribution < 1.29 is 35.7 Å². The molecule has 0 aliphatic heterocycles. The van der Waals surface area contributed by atoms with Crippen molar-refractivity contribution in [3.63, 3.8) is 0 Å². The van der Waals surface area contributed by atoms with Gasteiger partial charge in [-0.1, -0.05) is 54.6 Å². The van der Waals surface area contributed by atoms with E-state index >= 15 is 0 Å². The standard InChI is InChI=1S/C21H21FN2O4S.C10H8O3S/c22-14-5-8-16(9-6-14)29(27,28)23-15-7-10-20-18(13-15)17-3-1-2-4-19(17)24(20)12-11-21(25)26;11-14(12,13)10-7-3-5-8-4-1-2-6-9(8)10/h1-6,8-9,15,23H,7,10-13H2,(H,25,26);1-7H,(H,11,12,13)/t15-;/m1./s1. The number of carboxylic acid groups (broad SMARTS) is 1. The van der Waals surface area contributed by atoms with Gasteiger partial charge in [0.1, 0.15) is 10.7 Å². The van der Waals surface area contributed by atoms with E-state index in [4.69, 9.17) is 9.66 Å². The summed E-state index contributed by atoms with van der Waals surface area (Å²) >= 11 is 0. The third kappa shape index (κ3) is 6.78. The number of aliphatic carboxylic acids is 1. The summed E-state index contributed by atoms with van der Waals surface area (Å²) in [7, 11) is -7.88. The molecule has 0 saturated carbocycles. The molecule has 9 nitrogen and oxygen atoms in total. The zero-order chi connectivity index (χ0) is 30.8. The molecule has 0 saturated heterocycles. The minimum atomic E-state index is -4.13. The Bertz CT molecular complexity index is 2020. The normalized spacial score (nSPS) is 15.1. The van der Waals surface area contributed by atoms with Gasteiger partial charge < -0.3 is 9.67 Å². The minimum Gasteiger partial charge on any atom is -0.481 e. The zero-order valence-corrected chi connectivity index (χ0v) is 24.5. The van der Waals surface area contributed by atoms with E-state index in [1.165, 1.54) is 18.2 Å². The Morgan fingerprint density at radius 1 is 0.884 bits per heavy atom. The number of aryl methyl sites for hydroxylation is 1. The first-order chi connectivity index (χ1) is 20.4. The average molecular weight is 625 g/mol. The number of hydrogen-bond donors (Lipinski definition) is 3. The molecule has 0 fully saturated rings. The third-order valence-electron chi connectivity index (χ3n) is 7.40. The fraction of sp³-hybridized carbons (Fsp3) is 0.194. The molecule has 0 unspecified atom stereocenters. The number of para-hydroxylation sites is 1. The van der Waals surface area contributed by atoms with Gasteiger partial charge in [-0.05, 0) is 66.6 Å². The fourth-order valence-corrected chi connectivity index (χ4v) is 7.47. The Morgan fingerprint density at radius 3 is 2.23 bits per heavy atom. The molecule has 224 valence electrons.